The Morgan fingerprint density at radius 3 is 1.64 bits per heavy atom. The van der Waals surface area contributed by atoms with Crippen LogP contribution in [0, 0.1) is 5.92 Å². The van der Waals surface area contributed by atoms with Crippen LogP contribution >= 0.6 is 0 Å². The van der Waals surface area contributed by atoms with E-state index in [4.69, 9.17) is 4.74 Å². The molecule has 0 N–H and O–H groups in total. The molecule has 0 atom stereocenters. The molecule has 0 bridgehead atoms. The third-order valence-electron chi connectivity index (χ3n) is 8.40. The Kier molecular flexibility index (Phi) is 14.1. The van der Waals surface area contributed by atoms with Crippen molar-refractivity contribution in [2.75, 3.05) is 6.61 Å². The molecule has 3 rings (SSSR count). The first-order valence-electron chi connectivity index (χ1n) is 15.6. The molecule has 0 amide bonds. The zero-order valence-corrected chi connectivity index (χ0v) is 23.6. The van der Waals surface area contributed by atoms with Crippen molar-refractivity contribution >= 4 is 0 Å². The Morgan fingerprint density at radius 2 is 1.06 bits per heavy atom. The summed E-state index contributed by atoms with van der Waals surface area (Å²) in [5.41, 5.74) is 4.14. The molecule has 200 valence electrons. The van der Waals surface area contributed by atoms with Gasteiger partial charge in [-0.15, -0.1) is 0 Å². The second-order valence-electron chi connectivity index (χ2n) is 11.4. The van der Waals surface area contributed by atoms with Crippen LogP contribution in [0.4, 0.5) is 0 Å². The molecule has 1 aliphatic rings. The summed E-state index contributed by atoms with van der Waals surface area (Å²) < 4.78 is 5.87. The van der Waals surface area contributed by atoms with E-state index in [-0.39, 0.29) is 0 Å². The van der Waals surface area contributed by atoms with Crippen LogP contribution in [0.3, 0.4) is 0 Å². The molecule has 1 fully saturated rings. The van der Waals surface area contributed by atoms with E-state index in [1.165, 1.54) is 120 Å². The minimum absolute atomic E-state index is 0.766. The van der Waals surface area contributed by atoms with E-state index in [0.29, 0.717) is 0 Å². The Balaban J connectivity index is 1.29. The highest BCUT2D eigenvalue weighted by Gasteiger charge is 2.22. The SMILES string of the molecule is CCCCCCCCCCCCC1CCC(c2ccc(-c3ccc(OCCCCC)cc3)cc2)CC1. The molecule has 2 aromatic carbocycles. The number of ether oxygens (including phenoxy) is 1. The molecule has 2 aromatic rings. The normalized spacial score (nSPS) is 17.8. The van der Waals surface area contributed by atoms with Crippen LogP contribution in [0.2, 0.25) is 0 Å². The van der Waals surface area contributed by atoms with E-state index < -0.39 is 0 Å². The molecule has 1 aliphatic carbocycles. The lowest BCUT2D eigenvalue weighted by atomic mass is 9.77. The summed E-state index contributed by atoms with van der Waals surface area (Å²) in [7, 11) is 0. The lowest BCUT2D eigenvalue weighted by molar-refractivity contribution is 0.301. The zero-order valence-electron chi connectivity index (χ0n) is 23.6. The van der Waals surface area contributed by atoms with Gasteiger partial charge >= 0.3 is 0 Å². The van der Waals surface area contributed by atoms with Crippen molar-refractivity contribution < 1.29 is 4.74 Å². The lowest BCUT2D eigenvalue weighted by Crippen LogP contribution is -2.13. The average Bonchev–Trinajstić information content (AvgIpc) is 2.93. The summed E-state index contributed by atoms with van der Waals surface area (Å²) in [4.78, 5) is 0. The number of hydrogen-bond donors (Lipinski definition) is 0. The Labute approximate surface area is 223 Å². The van der Waals surface area contributed by atoms with Gasteiger partial charge in [0.15, 0.2) is 0 Å². The number of rotatable bonds is 18. The van der Waals surface area contributed by atoms with Crippen LogP contribution < -0.4 is 4.74 Å². The van der Waals surface area contributed by atoms with Gasteiger partial charge in [0.05, 0.1) is 6.61 Å². The summed E-state index contributed by atoms with van der Waals surface area (Å²) in [5.74, 6) is 2.74. The quantitative estimate of drug-likeness (QED) is 0.189. The van der Waals surface area contributed by atoms with Crippen LogP contribution in [0.25, 0.3) is 11.1 Å². The second kappa shape index (κ2) is 17.7. The first kappa shape index (κ1) is 28.8. The van der Waals surface area contributed by atoms with Crippen LogP contribution in [0.1, 0.15) is 141 Å². The highest BCUT2D eigenvalue weighted by atomic mass is 16.5. The first-order chi connectivity index (χ1) is 17.8. The largest absolute Gasteiger partial charge is 0.494 e. The zero-order chi connectivity index (χ0) is 25.3. The molecule has 0 saturated heterocycles. The van der Waals surface area contributed by atoms with Crippen molar-refractivity contribution in [3.05, 3.63) is 54.1 Å². The maximum atomic E-state index is 5.87. The van der Waals surface area contributed by atoms with Gasteiger partial charge in [-0.05, 0) is 72.8 Å². The number of hydrogen-bond acceptors (Lipinski definition) is 1. The molecule has 36 heavy (non-hydrogen) atoms. The predicted molar refractivity (Wildman–Crippen MR) is 158 cm³/mol. The minimum atomic E-state index is 0.766. The van der Waals surface area contributed by atoms with E-state index in [0.717, 1.165) is 30.6 Å². The first-order valence-corrected chi connectivity index (χ1v) is 15.6. The molecule has 0 radical (unpaired) electrons. The fraction of sp³-hybridized carbons (Fsp3) is 0.657. The third-order valence-corrected chi connectivity index (χ3v) is 8.40. The van der Waals surface area contributed by atoms with E-state index in [2.05, 4.69) is 62.4 Å². The van der Waals surface area contributed by atoms with Crippen molar-refractivity contribution in [3.8, 4) is 16.9 Å². The minimum Gasteiger partial charge on any atom is -0.494 e. The van der Waals surface area contributed by atoms with Gasteiger partial charge in [-0.3, -0.25) is 0 Å². The molecule has 1 saturated carbocycles. The molecular formula is C35H54O. The highest BCUT2D eigenvalue weighted by Crippen LogP contribution is 2.38. The Hall–Kier alpha value is -1.76. The summed E-state index contributed by atoms with van der Waals surface area (Å²) >= 11 is 0. The summed E-state index contributed by atoms with van der Waals surface area (Å²) in [6, 6.07) is 18.0. The maximum Gasteiger partial charge on any atom is 0.119 e. The van der Waals surface area contributed by atoms with E-state index >= 15 is 0 Å². The molecule has 0 aromatic heterocycles. The molecule has 1 nitrogen and oxygen atoms in total. The summed E-state index contributed by atoms with van der Waals surface area (Å²) in [5, 5.41) is 0. The standard InChI is InChI=1S/C35H54O/c1-3-5-7-8-9-10-11-12-13-14-16-30-17-19-31(20-18-30)32-21-23-33(24-22-32)34-25-27-35(28-26-34)36-29-15-6-4-2/h21-28,30-31H,3-20,29H2,1-2H3. The van der Waals surface area contributed by atoms with E-state index in [9.17, 15) is 0 Å². The fourth-order valence-electron chi connectivity index (χ4n) is 5.94. The number of unbranched alkanes of at least 4 members (excludes halogenated alkanes) is 11. The van der Waals surface area contributed by atoms with Crippen molar-refractivity contribution in [2.24, 2.45) is 5.92 Å². The highest BCUT2D eigenvalue weighted by molar-refractivity contribution is 5.64. The van der Waals surface area contributed by atoms with Crippen LogP contribution in [0.5, 0.6) is 5.75 Å². The van der Waals surface area contributed by atoms with Crippen LogP contribution in [-0.4, -0.2) is 6.61 Å². The van der Waals surface area contributed by atoms with Crippen molar-refractivity contribution in [1.29, 1.82) is 0 Å². The third kappa shape index (κ3) is 10.7. The smallest absolute Gasteiger partial charge is 0.119 e. The van der Waals surface area contributed by atoms with Gasteiger partial charge in [0.25, 0.3) is 0 Å². The fourth-order valence-corrected chi connectivity index (χ4v) is 5.94. The van der Waals surface area contributed by atoms with Gasteiger partial charge in [0, 0.05) is 0 Å². The lowest BCUT2D eigenvalue weighted by Gasteiger charge is -2.29. The van der Waals surface area contributed by atoms with Crippen LogP contribution in [0.15, 0.2) is 48.5 Å². The molecular weight excluding hydrogens is 436 g/mol. The maximum absolute atomic E-state index is 5.87. The molecule has 0 heterocycles. The van der Waals surface area contributed by atoms with Gasteiger partial charge < -0.3 is 4.74 Å². The molecule has 1 heteroatoms. The Bertz CT molecular complexity index is 782. The predicted octanol–water partition coefficient (Wildman–Crippen LogP) is 11.5. The second-order valence-corrected chi connectivity index (χ2v) is 11.4. The van der Waals surface area contributed by atoms with E-state index in [1.54, 1.807) is 5.56 Å². The Morgan fingerprint density at radius 1 is 0.556 bits per heavy atom. The van der Waals surface area contributed by atoms with Gasteiger partial charge in [0.1, 0.15) is 5.75 Å². The topological polar surface area (TPSA) is 9.23 Å². The van der Waals surface area contributed by atoms with E-state index in [1.807, 2.05) is 0 Å². The molecule has 0 spiro atoms. The monoisotopic (exact) mass is 490 g/mol. The number of benzene rings is 2. The van der Waals surface area contributed by atoms with Crippen molar-refractivity contribution in [2.45, 2.75) is 135 Å². The van der Waals surface area contributed by atoms with Crippen LogP contribution in [-0.2, 0) is 0 Å². The van der Waals surface area contributed by atoms with Crippen molar-refractivity contribution in [1.82, 2.24) is 0 Å². The van der Waals surface area contributed by atoms with Gasteiger partial charge in [0.2, 0.25) is 0 Å². The summed E-state index contributed by atoms with van der Waals surface area (Å²) in [6.07, 6.45) is 25.2. The van der Waals surface area contributed by atoms with Gasteiger partial charge in [-0.25, -0.2) is 0 Å². The van der Waals surface area contributed by atoms with Crippen molar-refractivity contribution in [3.63, 3.8) is 0 Å². The van der Waals surface area contributed by atoms with Gasteiger partial charge in [-0.2, -0.15) is 0 Å². The summed E-state index contributed by atoms with van der Waals surface area (Å²) in [6.45, 7) is 5.35. The molecule has 0 aliphatic heterocycles. The van der Waals surface area contributed by atoms with Gasteiger partial charge in [-0.1, -0.05) is 134 Å². The average molecular weight is 491 g/mol. The molecule has 0 unspecified atom stereocenters.